The molecule has 0 saturated heterocycles. The average Bonchev–Trinajstić information content (AvgIpc) is 3.31. The van der Waals surface area contributed by atoms with Gasteiger partial charge in [0.1, 0.15) is 17.4 Å². The second-order valence-corrected chi connectivity index (χ2v) is 9.30. The van der Waals surface area contributed by atoms with Crippen LogP contribution in [0.4, 0.5) is 0 Å². The molecule has 0 spiro atoms. The number of hydrogen-bond acceptors (Lipinski definition) is 6. The van der Waals surface area contributed by atoms with E-state index in [4.69, 9.17) is 26.3 Å². The predicted molar refractivity (Wildman–Crippen MR) is 130 cm³/mol. The van der Waals surface area contributed by atoms with Crippen LogP contribution in [-0.2, 0) is 16.2 Å². The molecule has 1 N–H and O–H groups in total. The van der Waals surface area contributed by atoms with Gasteiger partial charge in [0, 0.05) is 21.9 Å². The SMILES string of the molecule is O=C(O)/C=N\O[C@H](c1ccc(OCc2csc(-c3ccc(Cl)cc3)n2)cc1)C1CCCCC1. The fourth-order valence-corrected chi connectivity index (χ4v) is 4.94. The lowest BCUT2D eigenvalue weighted by atomic mass is 9.83. The number of thiazole rings is 1. The molecule has 0 amide bonds. The first-order valence-electron chi connectivity index (χ1n) is 10.9. The Morgan fingerprint density at radius 3 is 2.58 bits per heavy atom. The number of benzene rings is 2. The molecule has 0 aliphatic heterocycles. The van der Waals surface area contributed by atoms with Gasteiger partial charge in [-0.2, -0.15) is 0 Å². The van der Waals surface area contributed by atoms with Crippen molar-refractivity contribution in [1.82, 2.24) is 4.98 Å². The summed E-state index contributed by atoms with van der Waals surface area (Å²) in [6, 6.07) is 15.4. The van der Waals surface area contributed by atoms with Gasteiger partial charge in [0.05, 0.1) is 5.69 Å². The molecule has 2 aromatic carbocycles. The zero-order chi connectivity index (χ0) is 23.0. The Labute approximate surface area is 201 Å². The van der Waals surface area contributed by atoms with Crippen molar-refractivity contribution in [2.24, 2.45) is 11.1 Å². The predicted octanol–water partition coefficient (Wildman–Crippen LogP) is 6.75. The highest BCUT2D eigenvalue weighted by Crippen LogP contribution is 2.37. The maximum atomic E-state index is 10.8. The molecule has 3 aromatic rings. The molecule has 33 heavy (non-hydrogen) atoms. The van der Waals surface area contributed by atoms with Crippen molar-refractivity contribution in [3.63, 3.8) is 0 Å². The maximum absolute atomic E-state index is 10.8. The molecule has 0 unspecified atom stereocenters. The van der Waals surface area contributed by atoms with Crippen LogP contribution in [0.25, 0.3) is 10.6 Å². The Balaban J connectivity index is 1.39. The molecule has 4 rings (SSSR count). The van der Waals surface area contributed by atoms with E-state index in [9.17, 15) is 4.79 Å². The highest BCUT2D eigenvalue weighted by molar-refractivity contribution is 7.13. The summed E-state index contributed by atoms with van der Waals surface area (Å²) < 4.78 is 5.93. The first-order valence-corrected chi connectivity index (χ1v) is 12.2. The molecule has 1 aliphatic rings. The van der Waals surface area contributed by atoms with Crippen LogP contribution in [0.2, 0.25) is 5.02 Å². The fraction of sp³-hybridized carbons (Fsp3) is 0.320. The van der Waals surface area contributed by atoms with Crippen molar-refractivity contribution < 1.29 is 19.5 Å². The Morgan fingerprint density at radius 2 is 1.88 bits per heavy atom. The van der Waals surface area contributed by atoms with Crippen LogP contribution < -0.4 is 4.74 Å². The van der Waals surface area contributed by atoms with Crippen molar-refractivity contribution in [3.8, 4) is 16.3 Å². The molecule has 1 aromatic heterocycles. The second kappa shape index (κ2) is 11.3. The van der Waals surface area contributed by atoms with E-state index >= 15 is 0 Å². The number of halogens is 1. The van der Waals surface area contributed by atoms with Crippen LogP contribution >= 0.6 is 22.9 Å². The highest BCUT2D eigenvalue weighted by Gasteiger charge is 2.27. The van der Waals surface area contributed by atoms with E-state index in [-0.39, 0.29) is 6.10 Å². The summed E-state index contributed by atoms with van der Waals surface area (Å²) in [6.45, 7) is 0.370. The first-order chi connectivity index (χ1) is 16.1. The summed E-state index contributed by atoms with van der Waals surface area (Å²) in [4.78, 5) is 21.0. The summed E-state index contributed by atoms with van der Waals surface area (Å²) in [7, 11) is 0. The number of carboxylic acid groups (broad SMARTS) is 1. The number of aliphatic carboxylic acids is 1. The van der Waals surface area contributed by atoms with Crippen molar-refractivity contribution in [3.05, 3.63) is 70.2 Å². The number of oxime groups is 1. The first kappa shape index (κ1) is 23.3. The van der Waals surface area contributed by atoms with Gasteiger partial charge in [0.25, 0.3) is 0 Å². The molecule has 172 valence electrons. The highest BCUT2D eigenvalue weighted by atomic mass is 35.5. The standard InChI is InChI=1S/C25H25ClN2O4S/c26-20-10-6-19(7-11-20)25-28-21(16-33-25)15-31-22-12-8-18(9-13-22)24(32-27-14-23(29)30)17-4-2-1-3-5-17/h6-14,16-17,24H,1-5,15H2,(H,29,30)/b27-14-/t24-/m0/s1. The van der Waals surface area contributed by atoms with Crippen molar-refractivity contribution >= 4 is 35.1 Å². The molecule has 1 heterocycles. The molecule has 1 saturated carbocycles. The van der Waals surface area contributed by atoms with Crippen LogP contribution in [0, 0.1) is 5.92 Å². The van der Waals surface area contributed by atoms with Crippen LogP contribution in [0.15, 0.2) is 59.1 Å². The average molecular weight is 485 g/mol. The quantitative estimate of drug-likeness (QED) is 0.268. The number of hydrogen-bond donors (Lipinski definition) is 1. The third-order valence-corrected chi connectivity index (χ3v) is 6.85. The van der Waals surface area contributed by atoms with Gasteiger partial charge in [0.2, 0.25) is 0 Å². The van der Waals surface area contributed by atoms with Crippen LogP contribution in [-0.4, -0.2) is 22.3 Å². The minimum absolute atomic E-state index is 0.268. The summed E-state index contributed by atoms with van der Waals surface area (Å²) in [6.07, 6.45) is 6.15. The lowest BCUT2D eigenvalue weighted by Crippen LogP contribution is -2.18. The maximum Gasteiger partial charge on any atom is 0.350 e. The van der Waals surface area contributed by atoms with E-state index < -0.39 is 5.97 Å². The van der Waals surface area contributed by atoms with Gasteiger partial charge in [-0.3, -0.25) is 0 Å². The minimum atomic E-state index is -1.12. The largest absolute Gasteiger partial charge is 0.487 e. The van der Waals surface area contributed by atoms with Crippen molar-refractivity contribution in [2.45, 2.75) is 44.8 Å². The van der Waals surface area contributed by atoms with Gasteiger partial charge in [-0.25, -0.2) is 9.78 Å². The number of ether oxygens (including phenoxy) is 1. The Kier molecular flexibility index (Phi) is 7.96. The van der Waals surface area contributed by atoms with Crippen molar-refractivity contribution in [1.29, 1.82) is 0 Å². The van der Waals surface area contributed by atoms with E-state index in [2.05, 4.69) is 10.1 Å². The zero-order valence-electron chi connectivity index (χ0n) is 18.0. The molecule has 1 aliphatic carbocycles. The number of carboxylic acids is 1. The third kappa shape index (κ3) is 6.55. The monoisotopic (exact) mass is 484 g/mol. The lowest BCUT2D eigenvalue weighted by molar-refractivity contribution is -0.129. The van der Waals surface area contributed by atoms with Gasteiger partial charge in [-0.05, 0) is 42.7 Å². The van der Waals surface area contributed by atoms with Crippen molar-refractivity contribution in [2.75, 3.05) is 0 Å². The zero-order valence-corrected chi connectivity index (χ0v) is 19.6. The number of rotatable bonds is 9. The normalized spacial score (nSPS) is 15.4. The number of aromatic nitrogens is 1. The van der Waals surface area contributed by atoms with E-state index in [1.54, 1.807) is 11.3 Å². The molecular formula is C25H25ClN2O4S. The molecule has 6 nitrogen and oxygen atoms in total. The smallest absolute Gasteiger partial charge is 0.350 e. The molecule has 8 heteroatoms. The Bertz CT molecular complexity index is 1080. The molecule has 1 fully saturated rings. The van der Waals surface area contributed by atoms with Crippen LogP contribution in [0.1, 0.15) is 49.5 Å². The summed E-state index contributed by atoms with van der Waals surface area (Å²) in [5.41, 5.74) is 2.86. The lowest BCUT2D eigenvalue weighted by Gasteiger charge is -2.28. The third-order valence-electron chi connectivity index (χ3n) is 5.65. The fourth-order valence-electron chi connectivity index (χ4n) is 4.01. The molecule has 0 bridgehead atoms. The van der Waals surface area contributed by atoms with E-state index in [1.165, 1.54) is 6.42 Å². The summed E-state index contributed by atoms with van der Waals surface area (Å²) in [5.74, 6) is -0.0728. The topological polar surface area (TPSA) is 81.0 Å². The van der Waals surface area contributed by atoms with E-state index in [1.807, 2.05) is 53.9 Å². The Hall–Kier alpha value is -2.90. The molecule has 1 atom stereocenters. The van der Waals surface area contributed by atoms with Crippen LogP contribution in [0.3, 0.4) is 0 Å². The molecule has 0 radical (unpaired) electrons. The van der Waals surface area contributed by atoms with Gasteiger partial charge in [-0.15, -0.1) is 11.3 Å². The number of carbonyl (C=O) groups is 1. The van der Waals surface area contributed by atoms with Crippen LogP contribution in [0.5, 0.6) is 5.75 Å². The van der Waals surface area contributed by atoms with E-state index in [0.29, 0.717) is 17.5 Å². The number of nitrogens with zero attached hydrogens (tertiary/aromatic N) is 2. The summed E-state index contributed by atoms with van der Waals surface area (Å²) in [5, 5.41) is 16.1. The van der Waals surface area contributed by atoms with Gasteiger partial charge in [0.15, 0.2) is 12.3 Å². The molecular weight excluding hydrogens is 460 g/mol. The van der Waals surface area contributed by atoms with E-state index in [0.717, 1.165) is 59.5 Å². The van der Waals surface area contributed by atoms with Gasteiger partial charge >= 0.3 is 5.97 Å². The second-order valence-electron chi connectivity index (χ2n) is 8.01. The van der Waals surface area contributed by atoms with Gasteiger partial charge in [-0.1, -0.05) is 60.3 Å². The minimum Gasteiger partial charge on any atom is -0.487 e. The Morgan fingerprint density at radius 1 is 1.15 bits per heavy atom. The van der Waals surface area contributed by atoms with Gasteiger partial charge < -0.3 is 14.7 Å². The summed E-state index contributed by atoms with van der Waals surface area (Å²) >= 11 is 7.53.